The van der Waals surface area contributed by atoms with Crippen molar-refractivity contribution in [2.24, 2.45) is 10.7 Å². The van der Waals surface area contributed by atoms with Crippen LogP contribution in [0.15, 0.2) is 29.3 Å². The van der Waals surface area contributed by atoms with E-state index >= 15 is 0 Å². The van der Waals surface area contributed by atoms with E-state index in [0.29, 0.717) is 12.3 Å². The molecule has 0 heterocycles. The van der Waals surface area contributed by atoms with Gasteiger partial charge in [0.1, 0.15) is 5.75 Å². The first-order chi connectivity index (χ1) is 12.7. The topological polar surface area (TPSA) is 88.7 Å². The Balaban J connectivity index is 0.00000676. The number of nitrogens with two attached hydrogens (primary N) is 1. The normalized spacial score (nSPS) is 10.8. The van der Waals surface area contributed by atoms with E-state index in [9.17, 15) is 4.79 Å². The van der Waals surface area contributed by atoms with Gasteiger partial charge in [0.15, 0.2) is 12.6 Å². The third-order valence-electron chi connectivity index (χ3n) is 4.04. The zero-order chi connectivity index (χ0) is 19.0. The number of carbonyl (C=O) groups excluding carboxylic acids is 1. The molecular weight excluding hydrogens is 455 g/mol. The molecular formula is C20H35IN4O2. The number of nitrogens with one attached hydrogen (secondary N) is 2. The fourth-order valence-electron chi connectivity index (χ4n) is 2.59. The lowest BCUT2D eigenvalue weighted by Gasteiger charge is -2.12. The number of hydrogen-bond acceptors (Lipinski definition) is 3. The zero-order valence-corrected chi connectivity index (χ0v) is 19.0. The molecule has 6 nitrogen and oxygen atoms in total. The highest BCUT2D eigenvalue weighted by Crippen LogP contribution is 2.13. The molecule has 1 aromatic rings. The van der Waals surface area contributed by atoms with Crippen LogP contribution in [-0.2, 0) is 11.3 Å². The fourth-order valence-corrected chi connectivity index (χ4v) is 2.59. The summed E-state index contributed by atoms with van der Waals surface area (Å²) in [6.45, 7) is 3.69. The van der Waals surface area contributed by atoms with Gasteiger partial charge in [-0.25, -0.2) is 0 Å². The van der Waals surface area contributed by atoms with E-state index in [0.717, 1.165) is 24.5 Å². The zero-order valence-electron chi connectivity index (χ0n) is 16.6. The number of aliphatic imine (C=N–C) groups is 1. The molecule has 0 saturated heterocycles. The maximum atomic E-state index is 10.8. The molecule has 7 heteroatoms. The van der Waals surface area contributed by atoms with Crippen LogP contribution in [0.5, 0.6) is 5.75 Å². The van der Waals surface area contributed by atoms with E-state index < -0.39 is 5.91 Å². The molecule has 0 aliphatic rings. The molecule has 0 aliphatic carbocycles. The van der Waals surface area contributed by atoms with E-state index in [-0.39, 0.29) is 30.6 Å². The number of nitrogens with zero attached hydrogens (tertiary/aromatic N) is 1. The van der Waals surface area contributed by atoms with Gasteiger partial charge in [0.05, 0.1) is 0 Å². The monoisotopic (exact) mass is 490 g/mol. The first-order valence-electron chi connectivity index (χ1n) is 9.60. The lowest BCUT2D eigenvalue weighted by atomic mass is 10.1. The number of primary amides is 1. The third kappa shape index (κ3) is 13.3. The minimum atomic E-state index is -0.483. The molecule has 0 radical (unpaired) electrons. The molecule has 0 aromatic heterocycles. The van der Waals surface area contributed by atoms with Gasteiger partial charge in [-0.1, -0.05) is 57.6 Å². The summed E-state index contributed by atoms with van der Waals surface area (Å²) >= 11 is 0. The van der Waals surface area contributed by atoms with Gasteiger partial charge in [-0.3, -0.25) is 9.79 Å². The van der Waals surface area contributed by atoms with Gasteiger partial charge in [-0.15, -0.1) is 24.0 Å². The Morgan fingerprint density at radius 2 is 1.81 bits per heavy atom. The van der Waals surface area contributed by atoms with Crippen LogP contribution in [0, 0.1) is 0 Å². The summed E-state index contributed by atoms with van der Waals surface area (Å²) in [6.07, 6.45) is 9.07. The quantitative estimate of drug-likeness (QED) is 0.171. The predicted molar refractivity (Wildman–Crippen MR) is 123 cm³/mol. The van der Waals surface area contributed by atoms with Crippen molar-refractivity contribution in [3.8, 4) is 5.75 Å². The van der Waals surface area contributed by atoms with Gasteiger partial charge in [0, 0.05) is 20.1 Å². The highest BCUT2D eigenvalue weighted by Gasteiger charge is 2.01. The number of halogens is 1. The molecule has 0 aliphatic heterocycles. The van der Waals surface area contributed by atoms with Crippen LogP contribution < -0.4 is 21.1 Å². The number of carbonyl (C=O) groups is 1. The minimum absolute atomic E-state index is 0. The van der Waals surface area contributed by atoms with E-state index in [1.807, 2.05) is 18.2 Å². The Morgan fingerprint density at radius 1 is 1.11 bits per heavy atom. The van der Waals surface area contributed by atoms with Crippen LogP contribution in [0.2, 0.25) is 0 Å². The summed E-state index contributed by atoms with van der Waals surface area (Å²) in [4.78, 5) is 15.0. The molecule has 1 amide bonds. The van der Waals surface area contributed by atoms with E-state index in [1.54, 1.807) is 13.1 Å². The number of unbranched alkanes of at least 4 members (excludes halogenated alkanes) is 6. The standard InChI is InChI=1S/C20H34N4O2.HI/c1-3-4-5-6-7-8-9-13-23-20(22-2)24-15-17-11-10-12-18(14-17)26-16-19(21)25;/h10-12,14H,3-9,13,15-16H2,1-2H3,(H2,21,25)(H2,22,23,24);1H. The first-order valence-corrected chi connectivity index (χ1v) is 9.60. The van der Waals surface area contributed by atoms with Crippen molar-refractivity contribution >= 4 is 35.8 Å². The largest absolute Gasteiger partial charge is 0.484 e. The van der Waals surface area contributed by atoms with Gasteiger partial charge in [-0.05, 0) is 24.1 Å². The lowest BCUT2D eigenvalue weighted by Crippen LogP contribution is -2.37. The molecule has 0 spiro atoms. The number of amides is 1. The molecule has 27 heavy (non-hydrogen) atoms. The van der Waals surface area contributed by atoms with Crippen LogP contribution in [0.4, 0.5) is 0 Å². The summed E-state index contributed by atoms with van der Waals surface area (Å²) in [7, 11) is 1.77. The second-order valence-corrected chi connectivity index (χ2v) is 6.38. The smallest absolute Gasteiger partial charge is 0.255 e. The predicted octanol–water partition coefficient (Wildman–Crippen LogP) is 3.58. The van der Waals surface area contributed by atoms with Gasteiger partial charge < -0.3 is 21.1 Å². The summed E-state index contributed by atoms with van der Waals surface area (Å²) in [6, 6.07) is 7.58. The van der Waals surface area contributed by atoms with Crippen LogP contribution >= 0.6 is 24.0 Å². The Morgan fingerprint density at radius 3 is 2.48 bits per heavy atom. The average Bonchev–Trinajstić information content (AvgIpc) is 2.65. The maximum absolute atomic E-state index is 10.8. The molecule has 0 unspecified atom stereocenters. The van der Waals surface area contributed by atoms with Crippen LogP contribution in [0.3, 0.4) is 0 Å². The van der Waals surface area contributed by atoms with Crippen molar-refractivity contribution in [1.82, 2.24) is 10.6 Å². The van der Waals surface area contributed by atoms with Crippen molar-refractivity contribution in [2.45, 2.75) is 58.4 Å². The van der Waals surface area contributed by atoms with Crippen LogP contribution in [-0.4, -0.2) is 32.1 Å². The number of ether oxygens (including phenoxy) is 1. The molecule has 1 rings (SSSR count). The second-order valence-electron chi connectivity index (χ2n) is 6.38. The van der Waals surface area contributed by atoms with Gasteiger partial charge in [0.2, 0.25) is 0 Å². The number of hydrogen-bond donors (Lipinski definition) is 3. The SMILES string of the molecule is CCCCCCCCCNC(=NC)NCc1cccc(OCC(N)=O)c1.I. The van der Waals surface area contributed by atoms with Crippen LogP contribution in [0.1, 0.15) is 57.4 Å². The van der Waals surface area contributed by atoms with E-state index in [1.165, 1.54) is 38.5 Å². The van der Waals surface area contributed by atoms with Crippen molar-refractivity contribution in [3.05, 3.63) is 29.8 Å². The van der Waals surface area contributed by atoms with E-state index in [2.05, 4.69) is 22.5 Å². The molecule has 1 aromatic carbocycles. The average molecular weight is 490 g/mol. The molecule has 154 valence electrons. The Labute approximate surface area is 180 Å². The Kier molecular flexibility index (Phi) is 15.7. The number of guanidine groups is 1. The second kappa shape index (κ2) is 16.6. The summed E-state index contributed by atoms with van der Waals surface area (Å²) in [5, 5.41) is 6.63. The summed E-state index contributed by atoms with van der Waals surface area (Å²) < 4.78 is 5.32. The fraction of sp³-hybridized carbons (Fsp3) is 0.600. The maximum Gasteiger partial charge on any atom is 0.255 e. The highest BCUT2D eigenvalue weighted by atomic mass is 127. The molecule has 0 bridgehead atoms. The summed E-state index contributed by atoms with van der Waals surface area (Å²) in [5.41, 5.74) is 6.14. The van der Waals surface area contributed by atoms with Crippen molar-refractivity contribution in [2.75, 3.05) is 20.2 Å². The van der Waals surface area contributed by atoms with Crippen molar-refractivity contribution in [1.29, 1.82) is 0 Å². The lowest BCUT2D eigenvalue weighted by molar-refractivity contribution is -0.119. The third-order valence-corrected chi connectivity index (χ3v) is 4.04. The molecule has 0 fully saturated rings. The molecule has 0 saturated carbocycles. The summed E-state index contributed by atoms with van der Waals surface area (Å²) in [5.74, 6) is 0.942. The van der Waals surface area contributed by atoms with Crippen LogP contribution in [0.25, 0.3) is 0 Å². The van der Waals surface area contributed by atoms with Crippen molar-refractivity contribution in [3.63, 3.8) is 0 Å². The first kappa shape index (κ1) is 25.5. The molecule has 0 atom stereocenters. The number of rotatable bonds is 13. The van der Waals surface area contributed by atoms with E-state index in [4.69, 9.17) is 10.5 Å². The molecule has 4 N–H and O–H groups in total. The Hall–Kier alpha value is -1.51. The minimum Gasteiger partial charge on any atom is -0.484 e. The van der Waals surface area contributed by atoms with Crippen molar-refractivity contribution < 1.29 is 9.53 Å². The van der Waals surface area contributed by atoms with Gasteiger partial charge in [0.25, 0.3) is 5.91 Å². The Bertz CT molecular complexity index is 553. The number of benzene rings is 1. The highest BCUT2D eigenvalue weighted by molar-refractivity contribution is 14.0. The van der Waals surface area contributed by atoms with Gasteiger partial charge >= 0.3 is 0 Å². The van der Waals surface area contributed by atoms with Gasteiger partial charge in [-0.2, -0.15) is 0 Å².